The maximum Gasteiger partial charge on any atom is 0.331 e. The van der Waals surface area contributed by atoms with Gasteiger partial charge in [-0.05, 0) is 36.4 Å². The van der Waals surface area contributed by atoms with Crippen LogP contribution in [0.15, 0.2) is 77.0 Å². The molecular formula is C25H17Cl2N3O4. The molecule has 5 rings (SSSR count). The number of aromatic nitrogens is 1. The molecule has 4 aromatic rings. The van der Waals surface area contributed by atoms with Gasteiger partial charge in [-0.3, -0.25) is 19.8 Å². The number of amides is 4. The number of fused-ring (bicyclic) bond motifs is 1. The maximum absolute atomic E-state index is 13.1. The number of benzene rings is 2. The summed E-state index contributed by atoms with van der Waals surface area (Å²) in [6.45, 7) is 0.306. The molecule has 170 valence electrons. The summed E-state index contributed by atoms with van der Waals surface area (Å²) in [6.07, 6.45) is 4.77. The van der Waals surface area contributed by atoms with E-state index in [9.17, 15) is 14.4 Å². The Labute approximate surface area is 204 Å². The van der Waals surface area contributed by atoms with Gasteiger partial charge in [-0.15, -0.1) is 0 Å². The third kappa shape index (κ3) is 4.00. The van der Waals surface area contributed by atoms with Crippen molar-refractivity contribution in [3.63, 3.8) is 0 Å². The molecule has 1 fully saturated rings. The van der Waals surface area contributed by atoms with Crippen LogP contribution in [0.2, 0.25) is 10.0 Å². The minimum absolute atomic E-state index is 0.0882. The second-order valence-corrected chi connectivity index (χ2v) is 8.53. The first-order chi connectivity index (χ1) is 16.4. The third-order valence-corrected chi connectivity index (χ3v) is 6.30. The highest BCUT2D eigenvalue weighted by atomic mass is 35.5. The van der Waals surface area contributed by atoms with E-state index in [0.29, 0.717) is 27.9 Å². The number of hydrogen-bond donors (Lipinski definition) is 1. The highest BCUT2D eigenvalue weighted by molar-refractivity contribution is 6.36. The number of hydrogen-bond acceptors (Lipinski definition) is 4. The average molecular weight is 494 g/mol. The van der Waals surface area contributed by atoms with Crippen LogP contribution in [-0.2, 0) is 22.7 Å². The predicted octanol–water partition coefficient (Wildman–Crippen LogP) is 5.25. The molecule has 9 heteroatoms. The summed E-state index contributed by atoms with van der Waals surface area (Å²) in [5.41, 5.74) is 2.12. The SMILES string of the molecule is O=C1NC(=O)N(Cc2ccco2)C(=O)/C1=C/c1cn(Cc2c(Cl)cccc2Cl)c2ccccc12. The molecule has 3 heterocycles. The normalized spacial score (nSPS) is 15.4. The minimum atomic E-state index is -0.792. The van der Waals surface area contributed by atoms with Crippen molar-refractivity contribution in [2.24, 2.45) is 0 Å². The number of nitrogens with one attached hydrogen (secondary N) is 1. The molecule has 34 heavy (non-hydrogen) atoms. The summed E-state index contributed by atoms with van der Waals surface area (Å²) in [4.78, 5) is 38.9. The standard InChI is InChI=1S/C25H17Cl2N3O4/c26-20-7-3-8-21(27)19(20)14-29-12-15(17-6-1-2-9-22(17)29)11-18-23(31)28-25(33)30(24(18)32)13-16-5-4-10-34-16/h1-12H,13-14H2,(H,28,31,33)/b18-11+. The lowest BCUT2D eigenvalue weighted by Crippen LogP contribution is -2.53. The first-order valence-electron chi connectivity index (χ1n) is 10.3. The topological polar surface area (TPSA) is 84.6 Å². The van der Waals surface area contributed by atoms with E-state index in [1.165, 1.54) is 12.3 Å². The summed E-state index contributed by atoms with van der Waals surface area (Å²) in [7, 11) is 0. The van der Waals surface area contributed by atoms with E-state index >= 15 is 0 Å². The van der Waals surface area contributed by atoms with Crippen molar-refractivity contribution in [1.29, 1.82) is 0 Å². The van der Waals surface area contributed by atoms with Gasteiger partial charge in [0.2, 0.25) is 0 Å². The summed E-state index contributed by atoms with van der Waals surface area (Å²) < 4.78 is 7.20. The zero-order valence-corrected chi connectivity index (χ0v) is 19.1. The number of furan rings is 1. The summed E-state index contributed by atoms with van der Waals surface area (Å²) in [5.74, 6) is -1.03. The largest absolute Gasteiger partial charge is 0.467 e. The van der Waals surface area contributed by atoms with E-state index in [4.69, 9.17) is 27.6 Å². The molecular weight excluding hydrogens is 477 g/mol. The van der Waals surface area contributed by atoms with Gasteiger partial charge < -0.3 is 8.98 Å². The number of para-hydroxylation sites is 1. The van der Waals surface area contributed by atoms with Gasteiger partial charge in [0, 0.05) is 38.3 Å². The van der Waals surface area contributed by atoms with Crippen molar-refractivity contribution in [3.8, 4) is 0 Å². The van der Waals surface area contributed by atoms with Crippen molar-refractivity contribution in [1.82, 2.24) is 14.8 Å². The van der Waals surface area contributed by atoms with Crippen molar-refractivity contribution in [2.45, 2.75) is 13.1 Å². The smallest absolute Gasteiger partial charge is 0.331 e. The number of imide groups is 2. The van der Waals surface area contributed by atoms with E-state index in [2.05, 4.69) is 5.32 Å². The Kier molecular flexibility index (Phi) is 5.73. The second-order valence-electron chi connectivity index (χ2n) is 7.72. The molecule has 0 saturated carbocycles. The molecule has 0 radical (unpaired) electrons. The van der Waals surface area contributed by atoms with Crippen LogP contribution in [0.5, 0.6) is 0 Å². The Morgan fingerprint density at radius 3 is 2.41 bits per heavy atom. The number of carbonyl (C=O) groups is 3. The van der Waals surface area contributed by atoms with Gasteiger partial charge in [-0.2, -0.15) is 0 Å². The molecule has 0 atom stereocenters. The van der Waals surface area contributed by atoms with Gasteiger partial charge in [0.05, 0.1) is 19.4 Å². The van der Waals surface area contributed by atoms with Crippen molar-refractivity contribution < 1.29 is 18.8 Å². The van der Waals surface area contributed by atoms with E-state index in [1.54, 1.807) is 30.3 Å². The monoisotopic (exact) mass is 493 g/mol. The number of carbonyl (C=O) groups excluding carboxylic acids is 3. The molecule has 2 aromatic carbocycles. The van der Waals surface area contributed by atoms with E-state index < -0.39 is 17.8 Å². The molecule has 0 unspecified atom stereocenters. The van der Waals surface area contributed by atoms with Crippen LogP contribution in [-0.4, -0.2) is 27.3 Å². The lowest BCUT2D eigenvalue weighted by atomic mass is 10.1. The number of nitrogens with zero attached hydrogens (tertiary/aromatic N) is 2. The second kappa shape index (κ2) is 8.85. The average Bonchev–Trinajstić information content (AvgIpc) is 3.45. The third-order valence-electron chi connectivity index (χ3n) is 5.59. The van der Waals surface area contributed by atoms with Crippen LogP contribution in [0.25, 0.3) is 17.0 Å². The number of urea groups is 1. The molecule has 1 saturated heterocycles. The Bertz CT molecular complexity index is 1450. The Morgan fingerprint density at radius 1 is 0.912 bits per heavy atom. The predicted molar refractivity (Wildman–Crippen MR) is 128 cm³/mol. The number of barbiturate groups is 1. The molecule has 7 nitrogen and oxygen atoms in total. The van der Waals surface area contributed by atoms with Gasteiger partial charge in [0.15, 0.2) is 0 Å². The molecule has 1 aliphatic heterocycles. The highest BCUT2D eigenvalue weighted by Crippen LogP contribution is 2.30. The van der Waals surface area contributed by atoms with Gasteiger partial charge in [0.25, 0.3) is 11.8 Å². The summed E-state index contributed by atoms with van der Waals surface area (Å²) >= 11 is 12.7. The van der Waals surface area contributed by atoms with Crippen LogP contribution in [0.1, 0.15) is 16.9 Å². The number of rotatable bonds is 5. The van der Waals surface area contributed by atoms with Crippen molar-refractivity contribution >= 4 is 58.0 Å². The number of halogens is 2. The molecule has 0 aliphatic carbocycles. The molecule has 4 amide bonds. The molecule has 2 aromatic heterocycles. The quantitative estimate of drug-likeness (QED) is 0.303. The van der Waals surface area contributed by atoms with Crippen LogP contribution >= 0.6 is 23.2 Å². The fraction of sp³-hybridized carbons (Fsp3) is 0.0800. The Hall–Kier alpha value is -3.81. The van der Waals surface area contributed by atoms with Crippen LogP contribution in [0.3, 0.4) is 0 Å². The maximum atomic E-state index is 13.1. The minimum Gasteiger partial charge on any atom is -0.467 e. The van der Waals surface area contributed by atoms with Gasteiger partial charge >= 0.3 is 6.03 Å². The fourth-order valence-electron chi connectivity index (χ4n) is 3.93. The summed E-state index contributed by atoms with van der Waals surface area (Å²) in [6, 6.07) is 15.4. The molecule has 0 spiro atoms. The molecule has 1 N–H and O–H groups in total. The van der Waals surface area contributed by atoms with Gasteiger partial charge in [0.1, 0.15) is 11.3 Å². The first kappa shape index (κ1) is 22.0. The van der Waals surface area contributed by atoms with Gasteiger partial charge in [-0.1, -0.05) is 47.5 Å². The molecule has 0 bridgehead atoms. The zero-order valence-electron chi connectivity index (χ0n) is 17.6. The summed E-state index contributed by atoms with van der Waals surface area (Å²) in [5, 5.41) is 4.14. The molecule has 1 aliphatic rings. The fourth-order valence-corrected chi connectivity index (χ4v) is 4.44. The first-order valence-corrected chi connectivity index (χ1v) is 11.1. The Morgan fingerprint density at radius 2 is 1.68 bits per heavy atom. The lowest BCUT2D eigenvalue weighted by molar-refractivity contribution is -0.130. The lowest BCUT2D eigenvalue weighted by Gasteiger charge is -2.25. The zero-order chi connectivity index (χ0) is 23.8. The van der Waals surface area contributed by atoms with Crippen LogP contribution in [0, 0.1) is 0 Å². The van der Waals surface area contributed by atoms with Crippen LogP contribution < -0.4 is 5.32 Å². The van der Waals surface area contributed by atoms with E-state index in [1.807, 2.05) is 35.0 Å². The van der Waals surface area contributed by atoms with E-state index in [-0.39, 0.29) is 12.1 Å². The van der Waals surface area contributed by atoms with Gasteiger partial charge in [-0.25, -0.2) is 4.79 Å². The van der Waals surface area contributed by atoms with E-state index in [0.717, 1.165) is 21.4 Å². The highest BCUT2D eigenvalue weighted by Gasteiger charge is 2.36. The van der Waals surface area contributed by atoms with Crippen molar-refractivity contribution in [2.75, 3.05) is 0 Å². The Balaban J connectivity index is 1.55. The van der Waals surface area contributed by atoms with Crippen LogP contribution in [0.4, 0.5) is 4.79 Å². The van der Waals surface area contributed by atoms with Crippen molar-refractivity contribution in [3.05, 3.63) is 99.6 Å².